The third-order valence-electron chi connectivity index (χ3n) is 5.22. The van der Waals surface area contributed by atoms with E-state index in [1.807, 2.05) is 50.4 Å². The maximum absolute atomic E-state index is 11.4. The van der Waals surface area contributed by atoms with E-state index < -0.39 is 5.91 Å². The zero-order chi connectivity index (χ0) is 28.8. The number of nitrogens with one attached hydrogen (secondary N) is 1. The van der Waals surface area contributed by atoms with Crippen LogP contribution >= 0.6 is 0 Å². The molecule has 0 unspecified atom stereocenters. The molecular formula is C28H35N7O4. The Morgan fingerprint density at radius 2 is 1.82 bits per heavy atom. The van der Waals surface area contributed by atoms with E-state index in [-0.39, 0.29) is 12.5 Å². The molecule has 0 aliphatic heterocycles. The van der Waals surface area contributed by atoms with Gasteiger partial charge in [0.2, 0.25) is 5.91 Å². The third-order valence-corrected chi connectivity index (χ3v) is 5.22. The predicted octanol–water partition coefficient (Wildman–Crippen LogP) is 3.11. The summed E-state index contributed by atoms with van der Waals surface area (Å²) >= 11 is 0. The number of anilines is 1. The number of rotatable bonds is 8. The Labute approximate surface area is 227 Å². The summed E-state index contributed by atoms with van der Waals surface area (Å²) in [4.78, 5) is 30.7. The molecule has 0 radical (unpaired) electrons. The third kappa shape index (κ3) is 9.39. The SMILES string of the molecule is CCCN=C(N)N.CNc1ccc(O)cc1.COc1cccc(-c2nc3cc(C=O)ccc3n2CC(N)=O)c1. The summed E-state index contributed by atoms with van der Waals surface area (Å²) in [6.07, 6.45) is 1.76. The molecule has 206 valence electrons. The number of methoxy groups -OCH3 is 1. The van der Waals surface area contributed by atoms with Gasteiger partial charge in [0, 0.05) is 30.4 Å². The maximum atomic E-state index is 11.4. The van der Waals surface area contributed by atoms with Gasteiger partial charge in [-0.2, -0.15) is 0 Å². The van der Waals surface area contributed by atoms with Gasteiger partial charge in [-0.05, 0) is 61.0 Å². The Kier molecular flexibility index (Phi) is 11.8. The van der Waals surface area contributed by atoms with E-state index in [2.05, 4.69) is 15.3 Å². The molecule has 3 aromatic carbocycles. The number of benzene rings is 3. The largest absolute Gasteiger partial charge is 0.508 e. The van der Waals surface area contributed by atoms with E-state index in [0.717, 1.165) is 36.0 Å². The summed E-state index contributed by atoms with van der Waals surface area (Å²) in [5.41, 5.74) is 19.1. The molecule has 39 heavy (non-hydrogen) atoms. The lowest BCUT2D eigenvalue weighted by Crippen LogP contribution is -2.22. The highest BCUT2D eigenvalue weighted by atomic mass is 16.5. The summed E-state index contributed by atoms with van der Waals surface area (Å²) in [5.74, 6) is 1.30. The number of aldehydes is 1. The van der Waals surface area contributed by atoms with Crippen LogP contribution in [0.15, 0.2) is 71.7 Å². The average molecular weight is 534 g/mol. The van der Waals surface area contributed by atoms with Gasteiger partial charge in [0.25, 0.3) is 0 Å². The van der Waals surface area contributed by atoms with Crippen molar-refractivity contribution in [1.29, 1.82) is 0 Å². The molecule has 0 aliphatic carbocycles. The minimum Gasteiger partial charge on any atom is -0.508 e. The van der Waals surface area contributed by atoms with Gasteiger partial charge in [-0.25, -0.2) is 4.98 Å². The molecule has 11 heteroatoms. The van der Waals surface area contributed by atoms with Crippen LogP contribution in [0.25, 0.3) is 22.4 Å². The molecule has 0 bridgehead atoms. The van der Waals surface area contributed by atoms with Crippen molar-refractivity contribution in [1.82, 2.24) is 9.55 Å². The number of carbonyl (C=O) groups is 2. The van der Waals surface area contributed by atoms with Crippen molar-refractivity contribution in [3.05, 3.63) is 72.3 Å². The fourth-order valence-electron chi connectivity index (χ4n) is 3.39. The zero-order valence-electron chi connectivity index (χ0n) is 22.3. The van der Waals surface area contributed by atoms with Crippen LogP contribution < -0.4 is 27.3 Å². The van der Waals surface area contributed by atoms with Crippen molar-refractivity contribution < 1.29 is 19.4 Å². The molecule has 8 N–H and O–H groups in total. The lowest BCUT2D eigenvalue weighted by Gasteiger charge is -2.08. The van der Waals surface area contributed by atoms with Crippen molar-refractivity contribution in [3.8, 4) is 22.9 Å². The summed E-state index contributed by atoms with van der Waals surface area (Å²) in [6.45, 7) is 2.76. The van der Waals surface area contributed by atoms with Crippen LogP contribution in [-0.4, -0.2) is 53.5 Å². The second kappa shape index (κ2) is 15.3. The first-order valence-electron chi connectivity index (χ1n) is 12.1. The molecule has 4 rings (SSSR count). The van der Waals surface area contributed by atoms with E-state index in [4.69, 9.17) is 27.0 Å². The number of imidazole rings is 1. The van der Waals surface area contributed by atoms with Crippen molar-refractivity contribution in [2.75, 3.05) is 26.0 Å². The van der Waals surface area contributed by atoms with Crippen LogP contribution in [0.3, 0.4) is 0 Å². The molecular weight excluding hydrogens is 498 g/mol. The highest BCUT2D eigenvalue weighted by molar-refractivity contribution is 5.88. The van der Waals surface area contributed by atoms with Crippen LogP contribution in [0.5, 0.6) is 11.5 Å². The average Bonchev–Trinajstić information content (AvgIpc) is 3.29. The zero-order valence-corrected chi connectivity index (χ0v) is 22.3. The second-order valence-corrected chi connectivity index (χ2v) is 8.19. The number of hydrogen-bond donors (Lipinski definition) is 5. The van der Waals surface area contributed by atoms with Gasteiger partial charge in [-0.1, -0.05) is 19.1 Å². The van der Waals surface area contributed by atoms with Crippen LogP contribution in [-0.2, 0) is 11.3 Å². The van der Waals surface area contributed by atoms with Gasteiger partial charge in [-0.3, -0.25) is 14.6 Å². The Balaban J connectivity index is 0.000000273. The van der Waals surface area contributed by atoms with Gasteiger partial charge in [0.05, 0.1) is 18.1 Å². The number of ether oxygens (including phenoxy) is 1. The van der Waals surface area contributed by atoms with Gasteiger partial charge in [0.15, 0.2) is 5.96 Å². The van der Waals surface area contributed by atoms with E-state index in [1.54, 1.807) is 42.0 Å². The minimum atomic E-state index is -0.465. The number of nitrogens with two attached hydrogens (primary N) is 3. The Hall–Kier alpha value is -5.06. The van der Waals surface area contributed by atoms with E-state index >= 15 is 0 Å². The van der Waals surface area contributed by atoms with Crippen molar-refractivity contribution in [2.24, 2.45) is 22.2 Å². The van der Waals surface area contributed by atoms with Crippen molar-refractivity contribution in [3.63, 3.8) is 0 Å². The molecule has 1 heterocycles. The maximum Gasteiger partial charge on any atom is 0.237 e. The fraction of sp³-hybridized carbons (Fsp3) is 0.214. The number of amides is 1. The number of phenolic OH excluding ortho intramolecular Hbond substituents is 1. The summed E-state index contributed by atoms with van der Waals surface area (Å²) in [6, 6.07) is 19.4. The first kappa shape index (κ1) is 30.2. The standard InChI is InChI=1S/C17H15N3O3.C7H9NO.C4H11N3/c1-23-13-4-2-3-12(8-13)17-19-14-7-11(10-21)5-6-15(14)20(17)9-16(18)22;1-8-6-2-4-7(9)5-3-6;1-2-3-7-4(5)6/h2-8,10H,9H2,1H3,(H2,18,22);2-5,8-9H,1H3;2-3H2,1H3,(H4,5,6,7). The number of fused-ring (bicyclic) bond motifs is 1. The highest BCUT2D eigenvalue weighted by Gasteiger charge is 2.15. The quantitative estimate of drug-likeness (QED) is 0.0990. The number of nitrogens with zero attached hydrogens (tertiary/aromatic N) is 3. The number of aromatic hydroxyl groups is 1. The van der Waals surface area contributed by atoms with Gasteiger partial charge < -0.3 is 36.9 Å². The molecule has 1 aromatic heterocycles. The van der Waals surface area contributed by atoms with Gasteiger partial charge in [-0.15, -0.1) is 0 Å². The van der Waals surface area contributed by atoms with Crippen LogP contribution in [0.2, 0.25) is 0 Å². The number of phenols is 1. The number of carbonyl (C=O) groups excluding carboxylic acids is 2. The Morgan fingerprint density at radius 1 is 1.10 bits per heavy atom. The molecule has 0 saturated heterocycles. The van der Waals surface area contributed by atoms with Crippen LogP contribution in [0.1, 0.15) is 23.7 Å². The Bertz CT molecular complexity index is 1400. The van der Waals surface area contributed by atoms with Gasteiger partial charge in [0.1, 0.15) is 30.2 Å². The fourth-order valence-corrected chi connectivity index (χ4v) is 3.39. The molecule has 1 amide bonds. The van der Waals surface area contributed by atoms with Crippen LogP contribution in [0, 0.1) is 0 Å². The lowest BCUT2D eigenvalue weighted by atomic mass is 10.2. The molecule has 0 atom stereocenters. The normalized spacial score (nSPS) is 9.82. The summed E-state index contributed by atoms with van der Waals surface area (Å²) in [7, 11) is 3.42. The molecule has 4 aromatic rings. The number of hydrogen-bond acceptors (Lipinski definition) is 7. The highest BCUT2D eigenvalue weighted by Crippen LogP contribution is 2.27. The molecule has 0 spiro atoms. The van der Waals surface area contributed by atoms with E-state index in [0.29, 0.717) is 28.4 Å². The predicted molar refractivity (Wildman–Crippen MR) is 155 cm³/mol. The topological polar surface area (TPSA) is 184 Å². The molecule has 0 aliphatic rings. The number of aromatic nitrogens is 2. The Morgan fingerprint density at radius 3 is 2.36 bits per heavy atom. The van der Waals surface area contributed by atoms with E-state index in [9.17, 15) is 9.59 Å². The van der Waals surface area contributed by atoms with Crippen molar-refractivity contribution >= 4 is 34.9 Å². The summed E-state index contributed by atoms with van der Waals surface area (Å²) in [5, 5.41) is 11.8. The number of primary amides is 1. The first-order valence-corrected chi connectivity index (χ1v) is 12.1. The smallest absolute Gasteiger partial charge is 0.237 e. The molecule has 11 nitrogen and oxygen atoms in total. The van der Waals surface area contributed by atoms with Crippen LogP contribution in [0.4, 0.5) is 5.69 Å². The number of guanidine groups is 1. The monoisotopic (exact) mass is 533 g/mol. The van der Waals surface area contributed by atoms with Crippen molar-refractivity contribution in [2.45, 2.75) is 19.9 Å². The number of aliphatic imine (C=N–C) groups is 1. The summed E-state index contributed by atoms with van der Waals surface area (Å²) < 4.78 is 6.97. The first-order chi connectivity index (χ1) is 18.7. The lowest BCUT2D eigenvalue weighted by molar-refractivity contribution is -0.118. The molecule has 0 fully saturated rings. The van der Waals surface area contributed by atoms with Gasteiger partial charge >= 0.3 is 0 Å². The minimum absolute atomic E-state index is 0.00345. The second-order valence-electron chi connectivity index (χ2n) is 8.19. The van der Waals surface area contributed by atoms with E-state index in [1.165, 1.54) is 0 Å². The molecule has 0 saturated carbocycles.